The van der Waals surface area contributed by atoms with Gasteiger partial charge in [-0.25, -0.2) is 4.52 Å². The van der Waals surface area contributed by atoms with Gasteiger partial charge < -0.3 is 9.73 Å². The first-order valence-electron chi connectivity index (χ1n) is 8.73. The normalized spacial score (nSPS) is 16.9. The van der Waals surface area contributed by atoms with Crippen molar-refractivity contribution in [2.45, 2.75) is 32.4 Å². The molecule has 126 valence electrons. The molecule has 4 rings (SSSR count). The maximum atomic E-state index is 5.92. The summed E-state index contributed by atoms with van der Waals surface area (Å²) in [7, 11) is 0. The van der Waals surface area contributed by atoms with E-state index in [0.29, 0.717) is 6.04 Å². The van der Waals surface area contributed by atoms with Gasteiger partial charge in [0.1, 0.15) is 11.5 Å². The second kappa shape index (κ2) is 6.79. The topological polar surface area (TPSA) is 45.7 Å². The van der Waals surface area contributed by atoms with Gasteiger partial charge in [-0.1, -0.05) is 6.07 Å². The third-order valence-electron chi connectivity index (χ3n) is 4.83. The van der Waals surface area contributed by atoms with Crippen LogP contribution in [0.25, 0.3) is 5.52 Å². The summed E-state index contributed by atoms with van der Waals surface area (Å²) in [6.45, 7) is 6.03. The van der Waals surface area contributed by atoms with Gasteiger partial charge in [-0.2, -0.15) is 5.10 Å². The maximum Gasteiger partial charge on any atom is 0.122 e. The van der Waals surface area contributed by atoms with Crippen LogP contribution in [0.15, 0.2) is 47.1 Å². The van der Waals surface area contributed by atoms with E-state index in [0.717, 1.165) is 43.2 Å². The quantitative estimate of drug-likeness (QED) is 0.756. The fourth-order valence-electron chi connectivity index (χ4n) is 3.56. The van der Waals surface area contributed by atoms with Crippen molar-refractivity contribution in [2.24, 2.45) is 0 Å². The third-order valence-corrected chi connectivity index (χ3v) is 4.83. The second-order valence-electron chi connectivity index (χ2n) is 6.54. The number of likely N-dealkylation sites (tertiary alicyclic amines) is 1. The van der Waals surface area contributed by atoms with E-state index in [-0.39, 0.29) is 0 Å². The van der Waals surface area contributed by atoms with E-state index in [2.05, 4.69) is 39.6 Å². The first-order valence-corrected chi connectivity index (χ1v) is 8.73. The summed E-state index contributed by atoms with van der Waals surface area (Å²) < 4.78 is 7.84. The third kappa shape index (κ3) is 3.09. The van der Waals surface area contributed by atoms with E-state index < -0.39 is 0 Å². The molecule has 1 fully saturated rings. The van der Waals surface area contributed by atoms with Crippen LogP contribution in [0.3, 0.4) is 0 Å². The summed E-state index contributed by atoms with van der Waals surface area (Å²) in [6.07, 6.45) is 6.50. The van der Waals surface area contributed by atoms with Gasteiger partial charge >= 0.3 is 0 Å². The molecule has 0 aromatic carbocycles. The van der Waals surface area contributed by atoms with Gasteiger partial charge in [-0.3, -0.25) is 4.90 Å². The molecule has 3 aromatic rings. The summed E-state index contributed by atoms with van der Waals surface area (Å²) in [4.78, 5) is 2.53. The highest BCUT2D eigenvalue weighted by molar-refractivity contribution is 5.53. The lowest BCUT2D eigenvalue weighted by Crippen LogP contribution is -2.33. The maximum absolute atomic E-state index is 5.92. The fourth-order valence-corrected chi connectivity index (χ4v) is 3.56. The lowest BCUT2D eigenvalue weighted by atomic mass is 10.2. The lowest BCUT2D eigenvalue weighted by Gasteiger charge is -2.26. The highest BCUT2D eigenvalue weighted by atomic mass is 16.3. The van der Waals surface area contributed by atoms with E-state index >= 15 is 0 Å². The van der Waals surface area contributed by atoms with Crippen LogP contribution in [0.4, 0.5) is 0 Å². The van der Waals surface area contributed by atoms with Gasteiger partial charge in [0.25, 0.3) is 0 Å². The Balaban J connectivity index is 1.45. The Morgan fingerprint density at radius 3 is 2.88 bits per heavy atom. The van der Waals surface area contributed by atoms with Crippen molar-refractivity contribution >= 4 is 5.52 Å². The Morgan fingerprint density at radius 1 is 1.21 bits per heavy atom. The molecule has 1 aliphatic heterocycles. The van der Waals surface area contributed by atoms with E-state index in [1.54, 1.807) is 0 Å². The molecule has 24 heavy (non-hydrogen) atoms. The standard InChI is InChI=1S/C19H24N4O/c1-15-7-8-19(24-15)18(22-9-4-5-10-22)14-20-12-16-13-21-23-11-3-2-6-17(16)23/h2-3,6-8,11,13,18,20H,4-5,9-10,12,14H2,1H3. The fraction of sp³-hybridized carbons (Fsp3) is 0.421. The molecule has 1 unspecified atom stereocenters. The lowest BCUT2D eigenvalue weighted by molar-refractivity contribution is 0.207. The van der Waals surface area contributed by atoms with Crippen molar-refractivity contribution < 1.29 is 4.42 Å². The minimum absolute atomic E-state index is 0.308. The number of aryl methyl sites for hydroxylation is 1. The van der Waals surface area contributed by atoms with Crippen LogP contribution in [0.2, 0.25) is 0 Å². The molecule has 5 heteroatoms. The Hall–Kier alpha value is -2.11. The Labute approximate surface area is 142 Å². The molecule has 0 spiro atoms. The molecule has 5 nitrogen and oxygen atoms in total. The van der Waals surface area contributed by atoms with Gasteiger partial charge in [-0.05, 0) is 57.1 Å². The second-order valence-corrected chi connectivity index (χ2v) is 6.54. The average molecular weight is 324 g/mol. The number of hydrogen-bond donors (Lipinski definition) is 1. The smallest absolute Gasteiger partial charge is 0.122 e. The molecule has 0 saturated carbocycles. The summed E-state index contributed by atoms with van der Waals surface area (Å²) in [5, 5.41) is 8.01. The van der Waals surface area contributed by atoms with Crippen LogP contribution >= 0.6 is 0 Å². The molecule has 1 N–H and O–H groups in total. The molecule has 3 aromatic heterocycles. The molecule has 1 aliphatic rings. The molecule has 4 heterocycles. The van der Waals surface area contributed by atoms with E-state index in [9.17, 15) is 0 Å². The van der Waals surface area contributed by atoms with Crippen molar-refractivity contribution in [1.82, 2.24) is 19.8 Å². The Bertz CT molecular complexity index is 800. The monoisotopic (exact) mass is 324 g/mol. The number of fused-ring (bicyclic) bond motifs is 1. The number of rotatable bonds is 6. The zero-order valence-corrected chi connectivity index (χ0v) is 14.1. The first kappa shape index (κ1) is 15.4. The highest BCUT2D eigenvalue weighted by Gasteiger charge is 2.25. The van der Waals surface area contributed by atoms with Crippen molar-refractivity contribution in [3.8, 4) is 0 Å². The Morgan fingerprint density at radius 2 is 2.08 bits per heavy atom. The van der Waals surface area contributed by atoms with E-state index in [1.165, 1.54) is 18.4 Å². The van der Waals surface area contributed by atoms with Gasteiger partial charge in [0, 0.05) is 24.8 Å². The SMILES string of the molecule is Cc1ccc(C(CNCc2cnn3ccccc23)N2CCCC2)o1. The minimum Gasteiger partial charge on any atom is -0.465 e. The van der Waals surface area contributed by atoms with Gasteiger partial charge in [0.15, 0.2) is 0 Å². The predicted molar refractivity (Wildman–Crippen MR) is 93.9 cm³/mol. The van der Waals surface area contributed by atoms with Crippen molar-refractivity contribution in [3.63, 3.8) is 0 Å². The zero-order chi connectivity index (χ0) is 16.4. The average Bonchev–Trinajstić information content (AvgIpc) is 3.33. The van der Waals surface area contributed by atoms with Crippen LogP contribution in [0, 0.1) is 6.92 Å². The van der Waals surface area contributed by atoms with Gasteiger partial charge in [0.2, 0.25) is 0 Å². The number of nitrogens with one attached hydrogen (secondary N) is 1. The summed E-state index contributed by atoms with van der Waals surface area (Å²) in [6, 6.07) is 10.7. The van der Waals surface area contributed by atoms with Crippen molar-refractivity contribution in [2.75, 3.05) is 19.6 Å². The van der Waals surface area contributed by atoms with Crippen LogP contribution < -0.4 is 5.32 Å². The molecular formula is C19H24N4O. The van der Waals surface area contributed by atoms with Crippen LogP contribution in [-0.2, 0) is 6.54 Å². The van der Waals surface area contributed by atoms with Gasteiger partial charge in [-0.15, -0.1) is 0 Å². The molecular weight excluding hydrogens is 300 g/mol. The van der Waals surface area contributed by atoms with Crippen LogP contribution in [0.5, 0.6) is 0 Å². The Kier molecular flexibility index (Phi) is 4.36. The molecule has 0 amide bonds. The molecule has 0 radical (unpaired) electrons. The largest absolute Gasteiger partial charge is 0.465 e. The van der Waals surface area contributed by atoms with E-state index in [4.69, 9.17) is 4.42 Å². The predicted octanol–water partition coefficient (Wildman–Crippen LogP) is 3.16. The minimum atomic E-state index is 0.308. The highest BCUT2D eigenvalue weighted by Crippen LogP contribution is 2.26. The zero-order valence-electron chi connectivity index (χ0n) is 14.1. The van der Waals surface area contributed by atoms with Crippen LogP contribution in [-0.4, -0.2) is 34.1 Å². The number of aromatic nitrogens is 2. The van der Waals surface area contributed by atoms with Gasteiger partial charge in [0.05, 0.1) is 17.8 Å². The molecule has 0 aliphatic carbocycles. The molecule has 0 bridgehead atoms. The van der Waals surface area contributed by atoms with E-state index in [1.807, 2.05) is 29.9 Å². The summed E-state index contributed by atoms with van der Waals surface area (Å²) in [5.41, 5.74) is 2.39. The number of pyridine rings is 1. The van der Waals surface area contributed by atoms with Crippen molar-refractivity contribution in [3.05, 3.63) is 59.8 Å². The molecule has 1 saturated heterocycles. The number of hydrogen-bond acceptors (Lipinski definition) is 4. The number of nitrogens with zero attached hydrogens (tertiary/aromatic N) is 3. The number of furan rings is 1. The summed E-state index contributed by atoms with van der Waals surface area (Å²) >= 11 is 0. The van der Waals surface area contributed by atoms with Crippen molar-refractivity contribution in [1.29, 1.82) is 0 Å². The summed E-state index contributed by atoms with van der Waals surface area (Å²) in [5.74, 6) is 2.05. The van der Waals surface area contributed by atoms with Crippen LogP contribution in [0.1, 0.15) is 36.0 Å². The molecule has 1 atom stereocenters. The first-order chi connectivity index (χ1) is 11.8.